The van der Waals surface area contributed by atoms with Gasteiger partial charge in [0, 0.05) is 26.2 Å². The molecule has 0 amide bonds. The van der Waals surface area contributed by atoms with Gasteiger partial charge in [0.25, 0.3) is 0 Å². The van der Waals surface area contributed by atoms with Gasteiger partial charge in [0.15, 0.2) is 5.96 Å². The Labute approximate surface area is 122 Å². The topological polar surface area (TPSA) is 45.7 Å². The third-order valence-electron chi connectivity index (χ3n) is 2.46. The number of nitrogens with zero attached hydrogens (tertiary/aromatic N) is 1. The van der Waals surface area contributed by atoms with Crippen LogP contribution in [-0.4, -0.2) is 38.3 Å². The molecule has 0 bridgehead atoms. The van der Waals surface area contributed by atoms with Gasteiger partial charge in [-0.15, -0.1) is 24.0 Å². The van der Waals surface area contributed by atoms with E-state index in [1.807, 2.05) is 7.05 Å². The maximum Gasteiger partial charge on any atom is 0.191 e. The highest BCUT2D eigenvalue weighted by atomic mass is 127. The summed E-state index contributed by atoms with van der Waals surface area (Å²) in [6.07, 6.45) is 5.13. The average molecular weight is 355 g/mol. The normalized spacial score (nSPS) is 15.6. The van der Waals surface area contributed by atoms with Crippen molar-refractivity contribution in [1.29, 1.82) is 0 Å². The summed E-state index contributed by atoms with van der Waals surface area (Å²) in [4.78, 5) is 4.18. The van der Waals surface area contributed by atoms with Crippen molar-refractivity contribution in [1.82, 2.24) is 10.6 Å². The Hall–Kier alpha value is -0.0400. The van der Waals surface area contributed by atoms with Gasteiger partial charge in [-0.25, -0.2) is 0 Å². The predicted octanol–water partition coefficient (Wildman–Crippen LogP) is 2.14. The number of hydrogen-bond donors (Lipinski definition) is 2. The summed E-state index contributed by atoms with van der Waals surface area (Å²) in [6, 6.07) is 0.662. The van der Waals surface area contributed by atoms with Gasteiger partial charge in [-0.3, -0.25) is 4.99 Å². The van der Waals surface area contributed by atoms with Crippen molar-refractivity contribution in [2.45, 2.75) is 51.7 Å². The molecule has 2 N–H and O–H groups in total. The Kier molecular flexibility index (Phi) is 9.91. The first-order chi connectivity index (χ1) is 7.72. The summed E-state index contributed by atoms with van der Waals surface area (Å²) in [5, 5.41) is 6.67. The van der Waals surface area contributed by atoms with Crippen LogP contribution < -0.4 is 10.6 Å². The Bertz CT molecular complexity index is 218. The van der Waals surface area contributed by atoms with Gasteiger partial charge in [0.05, 0.1) is 6.10 Å². The Balaban J connectivity index is 0.00000256. The lowest BCUT2D eigenvalue weighted by Gasteiger charge is -2.11. The SMILES string of the molecule is CN=C(NCCCCOC(C)C)NC1CC1.I. The quantitative estimate of drug-likeness (QED) is 0.318. The molecule has 0 aromatic heterocycles. The highest BCUT2D eigenvalue weighted by Crippen LogP contribution is 2.18. The molecule has 0 heterocycles. The fourth-order valence-electron chi connectivity index (χ4n) is 1.37. The van der Waals surface area contributed by atoms with E-state index >= 15 is 0 Å². The molecule has 0 aromatic rings. The molecule has 0 aliphatic heterocycles. The lowest BCUT2D eigenvalue weighted by atomic mass is 10.3. The maximum atomic E-state index is 5.48. The van der Waals surface area contributed by atoms with Crippen LogP contribution in [0.1, 0.15) is 39.5 Å². The first-order valence-corrected chi connectivity index (χ1v) is 6.31. The van der Waals surface area contributed by atoms with Crippen LogP contribution >= 0.6 is 24.0 Å². The highest BCUT2D eigenvalue weighted by molar-refractivity contribution is 14.0. The molecule has 0 spiro atoms. The number of hydrogen-bond acceptors (Lipinski definition) is 2. The first kappa shape index (κ1) is 17.0. The third-order valence-corrected chi connectivity index (χ3v) is 2.46. The zero-order valence-corrected chi connectivity index (χ0v) is 13.5. The van der Waals surface area contributed by atoms with Crippen LogP contribution in [-0.2, 0) is 4.74 Å². The zero-order valence-electron chi connectivity index (χ0n) is 11.2. The third kappa shape index (κ3) is 9.64. The first-order valence-electron chi connectivity index (χ1n) is 6.31. The molecule has 4 nitrogen and oxygen atoms in total. The van der Waals surface area contributed by atoms with Gasteiger partial charge in [0.2, 0.25) is 0 Å². The molecule has 5 heteroatoms. The van der Waals surface area contributed by atoms with E-state index in [0.717, 1.165) is 32.0 Å². The number of nitrogens with one attached hydrogen (secondary N) is 2. The number of unbranched alkanes of at least 4 members (excludes halogenated alkanes) is 1. The molecule has 1 aliphatic carbocycles. The minimum absolute atomic E-state index is 0. The summed E-state index contributed by atoms with van der Waals surface area (Å²) < 4.78 is 5.48. The molecule has 0 aromatic carbocycles. The van der Waals surface area contributed by atoms with Crippen LogP contribution in [0.15, 0.2) is 4.99 Å². The summed E-state index contributed by atoms with van der Waals surface area (Å²) in [5.41, 5.74) is 0. The molecule has 0 atom stereocenters. The maximum absolute atomic E-state index is 5.48. The predicted molar refractivity (Wildman–Crippen MR) is 83.3 cm³/mol. The van der Waals surface area contributed by atoms with Crippen molar-refractivity contribution < 1.29 is 4.74 Å². The standard InChI is InChI=1S/C12H25N3O.HI/c1-10(2)16-9-5-4-8-14-12(13-3)15-11-6-7-11;/h10-11H,4-9H2,1-3H3,(H2,13,14,15);1H. The van der Waals surface area contributed by atoms with Gasteiger partial charge < -0.3 is 15.4 Å². The Morgan fingerprint density at radius 1 is 1.35 bits per heavy atom. The molecule has 0 unspecified atom stereocenters. The van der Waals surface area contributed by atoms with Gasteiger partial charge in [-0.1, -0.05) is 0 Å². The van der Waals surface area contributed by atoms with Crippen molar-refractivity contribution in [3.8, 4) is 0 Å². The molecule has 1 aliphatic rings. The molecule has 0 saturated heterocycles. The highest BCUT2D eigenvalue weighted by Gasteiger charge is 2.21. The second kappa shape index (κ2) is 9.94. The van der Waals surface area contributed by atoms with Crippen LogP contribution in [0.25, 0.3) is 0 Å². The zero-order chi connectivity index (χ0) is 11.8. The van der Waals surface area contributed by atoms with Crippen LogP contribution in [0, 0.1) is 0 Å². The lowest BCUT2D eigenvalue weighted by Crippen LogP contribution is -2.38. The van der Waals surface area contributed by atoms with E-state index in [9.17, 15) is 0 Å². The second-order valence-electron chi connectivity index (χ2n) is 4.54. The van der Waals surface area contributed by atoms with E-state index < -0.39 is 0 Å². The van der Waals surface area contributed by atoms with Crippen molar-refractivity contribution in [3.05, 3.63) is 0 Å². The molecule has 102 valence electrons. The fourth-order valence-corrected chi connectivity index (χ4v) is 1.37. The summed E-state index contributed by atoms with van der Waals surface area (Å²) in [7, 11) is 1.82. The van der Waals surface area contributed by atoms with Gasteiger partial charge >= 0.3 is 0 Å². The van der Waals surface area contributed by atoms with Crippen molar-refractivity contribution >= 4 is 29.9 Å². The molecular weight excluding hydrogens is 329 g/mol. The fraction of sp³-hybridized carbons (Fsp3) is 0.917. The Morgan fingerprint density at radius 2 is 2.06 bits per heavy atom. The van der Waals surface area contributed by atoms with Crippen LogP contribution in [0.5, 0.6) is 0 Å². The van der Waals surface area contributed by atoms with Crippen molar-refractivity contribution in [3.63, 3.8) is 0 Å². The summed E-state index contributed by atoms with van der Waals surface area (Å²) in [5.74, 6) is 0.937. The smallest absolute Gasteiger partial charge is 0.191 e. The minimum Gasteiger partial charge on any atom is -0.379 e. The molecule has 0 radical (unpaired) electrons. The summed E-state index contributed by atoms with van der Waals surface area (Å²) in [6.45, 7) is 5.96. The molecule has 17 heavy (non-hydrogen) atoms. The van der Waals surface area contributed by atoms with Crippen molar-refractivity contribution in [2.24, 2.45) is 4.99 Å². The van der Waals surface area contributed by atoms with Crippen molar-refractivity contribution in [2.75, 3.05) is 20.2 Å². The second-order valence-corrected chi connectivity index (χ2v) is 4.54. The van der Waals surface area contributed by atoms with Gasteiger partial charge in [-0.05, 0) is 39.5 Å². The van der Waals surface area contributed by atoms with Crippen LogP contribution in [0.2, 0.25) is 0 Å². The number of guanidine groups is 1. The summed E-state index contributed by atoms with van der Waals surface area (Å²) >= 11 is 0. The largest absolute Gasteiger partial charge is 0.379 e. The van der Waals surface area contributed by atoms with E-state index in [0.29, 0.717) is 12.1 Å². The monoisotopic (exact) mass is 355 g/mol. The lowest BCUT2D eigenvalue weighted by molar-refractivity contribution is 0.0762. The number of ether oxygens (including phenoxy) is 1. The minimum atomic E-state index is 0. The Morgan fingerprint density at radius 3 is 2.59 bits per heavy atom. The molecule has 1 fully saturated rings. The van der Waals surface area contributed by atoms with E-state index in [4.69, 9.17) is 4.74 Å². The van der Waals surface area contributed by atoms with E-state index in [1.54, 1.807) is 0 Å². The van der Waals surface area contributed by atoms with E-state index in [1.165, 1.54) is 12.8 Å². The van der Waals surface area contributed by atoms with E-state index in [-0.39, 0.29) is 24.0 Å². The van der Waals surface area contributed by atoms with Gasteiger partial charge in [0.1, 0.15) is 0 Å². The van der Waals surface area contributed by atoms with E-state index in [2.05, 4.69) is 29.5 Å². The van der Waals surface area contributed by atoms with Crippen LogP contribution in [0.3, 0.4) is 0 Å². The number of aliphatic imine (C=N–C) groups is 1. The molecule has 1 saturated carbocycles. The number of halogens is 1. The van der Waals surface area contributed by atoms with Crippen LogP contribution in [0.4, 0.5) is 0 Å². The molecule has 1 rings (SSSR count). The molecular formula is C12H26IN3O. The number of rotatable bonds is 7. The van der Waals surface area contributed by atoms with Gasteiger partial charge in [-0.2, -0.15) is 0 Å². The average Bonchev–Trinajstić information content (AvgIpc) is 3.04.